The standard InChI is InChI=1S/C4H12NOP/c1-4(5)7(2,3)6/h4H,5H2,1-3H3/t4-/m1/s1. The minimum atomic E-state index is -1.96. The quantitative estimate of drug-likeness (QED) is 0.524. The summed E-state index contributed by atoms with van der Waals surface area (Å²) in [7, 11) is -1.96. The fraction of sp³-hybridized carbons (Fsp3) is 1.00. The van der Waals surface area contributed by atoms with Crippen molar-refractivity contribution in [3.63, 3.8) is 0 Å². The molecule has 0 bridgehead atoms. The molecule has 0 unspecified atom stereocenters. The second-order valence-corrected chi connectivity index (χ2v) is 5.86. The molecule has 0 aromatic rings. The normalized spacial score (nSPS) is 16.6. The van der Waals surface area contributed by atoms with Gasteiger partial charge in [-0.25, -0.2) is 0 Å². The Kier molecular flexibility index (Phi) is 2.03. The second-order valence-electron chi connectivity index (χ2n) is 2.17. The predicted molar refractivity (Wildman–Crippen MR) is 33.1 cm³/mol. The van der Waals surface area contributed by atoms with Gasteiger partial charge in [-0.15, -0.1) is 0 Å². The smallest absolute Gasteiger partial charge is 0.0974 e. The predicted octanol–water partition coefficient (Wildman–Crippen LogP) is 0.914. The van der Waals surface area contributed by atoms with Gasteiger partial charge in [-0.05, 0) is 20.3 Å². The first-order valence-electron chi connectivity index (χ1n) is 2.25. The Balaban J connectivity index is 3.80. The van der Waals surface area contributed by atoms with Gasteiger partial charge in [0.15, 0.2) is 0 Å². The van der Waals surface area contributed by atoms with E-state index in [0.717, 1.165) is 0 Å². The van der Waals surface area contributed by atoms with Crippen LogP contribution in [0.15, 0.2) is 0 Å². The zero-order valence-corrected chi connectivity index (χ0v) is 5.90. The van der Waals surface area contributed by atoms with E-state index in [1.165, 1.54) is 0 Å². The molecule has 1 atom stereocenters. The topological polar surface area (TPSA) is 43.1 Å². The lowest BCUT2D eigenvalue weighted by Crippen LogP contribution is -2.13. The van der Waals surface area contributed by atoms with Gasteiger partial charge in [-0.1, -0.05) is 0 Å². The van der Waals surface area contributed by atoms with Crippen LogP contribution < -0.4 is 5.73 Å². The summed E-state index contributed by atoms with van der Waals surface area (Å²) in [5, 5.41) is 0. The summed E-state index contributed by atoms with van der Waals surface area (Å²) in [6.07, 6.45) is 0. The summed E-state index contributed by atoms with van der Waals surface area (Å²) in [5.41, 5.74) is 5.31. The minimum Gasteiger partial charge on any atom is -0.323 e. The summed E-state index contributed by atoms with van der Waals surface area (Å²) < 4.78 is 10.8. The highest BCUT2D eigenvalue weighted by molar-refractivity contribution is 7.62. The van der Waals surface area contributed by atoms with Crippen LogP contribution in [0.5, 0.6) is 0 Å². The maximum absolute atomic E-state index is 10.8. The fourth-order valence-electron chi connectivity index (χ4n) is 0. The van der Waals surface area contributed by atoms with Gasteiger partial charge in [-0.3, -0.25) is 0 Å². The molecule has 0 aromatic carbocycles. The lowest BCUT2D eigenvalue weighted by molar-refractivity contribution is 0.575. The lowest BCUT2D eigenvalue weighted by atomic mass is 10.8. The maximum atomic E-state index is 10.8. The average Bonchev–Trinajstić information content (AvgIpc) is 1.31. The molecule has 2 N–H and O–H groups in total. The van der Waals surface area contributed by atoms with Gasteiger partial charge in [-0.2, -0.15) is 0 Å². The van der Waals surface area contributed by atoms with Crippen LogP contribution in [-0.2, 0) is 4.57 Å². The van der Waals surface area contributed by atoms with Crippen molar-refractivity contribution >= 4 is 7.14 Å². The van der Waals surface area contributed by atoms with Crippen LogP contribution in [0.25, 0.3) is 0 Å². The number of hydrogen-bond acceptors (Lipinski definition) is 2. The Morgan fingerprint density at radius 3 is 1.71 bits per heavy atom. The number of nitrogens with two attached hydrogens (primary N) is 1. The van der Waals surface area contributed by atoms with Crippen LogP contribution in [0.2, 0.25) is 0 Å². The molecular formula is C4H12NOP. The molecule has 0 spiro atoms. The van der Waals surface area contributed by atoms with Gasteiger partial charge in [0.25, 0.3) is 0 Å². The molecule has 0 heterocycles. The third-order valence-electron chi connectivity index (χ3n) is 0.981. The van der Waals surface area contributed by atoms with Crippen LogP contribution in [0.4, 0.5) is 0 Å². The summed E-state index contributed by atoms with van der Waals surface area (Å²) in [6, 6.07) is 0. The molecule has 0 fully saturated rings. The lowest BCUT2D eigenvalue weighted by Gasteiger charge is -2.08. The van der Waals surface area contributed by atoms with Gasteiger partial charge in [0.2, 0.25) is 0 Å². The third kappa shape index (κ3) is 2.84. The van der Waals surface area contributed by atoms with Crippen molar-refractivity contribution in [2.75, 3.05) is 13.3 Å². The van der Waals surface area contributed by atoms with Crippen molar-refractivity contribution in [3.05, 3.63) is 0 Å². The van der Waals surface area contributed by atoms with Gasteiger partial charge in [0.1, 0.15) is 0 Å². The van der Waals surface area contributed by atoms with Crippen LogP contribution in [0, 0.1) is 0 Å². The monoisotopic (exact) mass is 121 g/mol. The molecule has 0 radical (unpaired) electrons. The largest absolute Gasteiger partial charge is 0.323 e. The van der Waals surface area contributed by atoms with E-state index in [9.17, 15) is 4.57 Å². The van der Waals surface area contributed by atoms with Crippen molar-refractivity contribution in [2.24, 2.45) is 5.73 Å². The number of hydrogen-bond donors (Lipinski definition) is 1. The van der Waals surface area contributed by atoms with Gasteiger partial charge < -0.3 is 10.3 Å². The highest BCUT2D eigenvalue weighted by Crippen LogP contribution is 2.38. The molecule has 0 aliphatic carbocycles. The van der Waals surface area contributed by atoms with Crippen molar-refractivity contribution in [2.45, 2.75) is 12.7 Å². The van der Waals surface area contributed by atoms with Gasteiger partial charge in [0, 0.05) is 0 Å². The molecule has 44 valence electrons. The van der Waals surface area contributed by atoms with Gasteiger partial charge in [0.05, 0.1) is 12.9 Å². The minimum absolute atomic E-state index is 0.146. The first kappa shape index (κ1) is 7.19. The second kappa shape index (κ2) is 1.97. The van der Waals surface area contributed by atoms with Crippen LogP contribution in [0.1, 0.15) is 6.92 Å². The highest BCUT2D eigenvalue weighted by Gasteiger charge is 2.11. The molecule has 3 heteroatoms. The van der Waals surface area contributed by atoms with Crippen molar-refractivity contribution in [3.8, 4) is 0 Å². The van der Waals surface area contributed by atoms with E-state index >= 15 is 0 Å². The van der Waals surface area contributed by atoms with E-state index < -0.39 is 7.14 Å². The van der Waals surface area contributed by atoms with E-state index in [0.29, 0.717) is 0 Å². The van der Waals surface area contributed by atoms with Crippen molar-refractivity contribution < 1.29 is 4.57 Å². The van der Waals surface area contributed by atoms with Crippen molar-refractivity contribution in [1.82, 2.24) is 0 Å². The Bertz CT molecular complexity index is 93.9. The SMILES string of the molecule is C[C@H](N)P(C)(C)=O. The van der Waals surface area contributed by atoms with Crippen LogP contribution >= 0.6 is 7.14 Å². The molecule has 0 saturated heterocycles. The molecule has 2 nitrogen and oxygen atoms in total. The van der Waals surface area contributed by atoms with E-state index in [2.05, 4.69) is 0 Å². The molecule has 0 saturated carbocycles. The van der Waals surface area contributed by atoms with Crippen LogP contribution in [0.3, 0.4) is 0 Å². The summed E-state index contributed by atoms with van der Waals surface area (Å²) in [4.78, 5) is 0. The summed E-state index contributed by atoms with van der Waals surface area (Å²) >= 11 is 0. The summed E-state index contributed by atoms with van der Waals surface area (Å²) in [5.74, 6) is -0.146. The van der Waals surface area contributed by atoms with E-state index in [1.54, 1.807) is 20.3 Å². The fourth-order valence-corrected chi connectivity index (χ4v) is 0. The molecule has 7 heavy (non-hydrogen) atoms. The Morgan fingerprint density at radius 2 is 1.71 bits per heavy atom. The van der Waals surface area contributed by atoms with Gasteiger partial charge >= 0.3 is 0 Å². The van der Waals surface area contributed by atoms with Crippen molar-refractivity contribution in [1.29, 1.82) is 0 Å². The molecule has 0 aliphatic heterocycles. The zero-order valence-electron chi connectivity index (χ0n) is 5.01. The van der Waals surface area contributed by atoms with Crippen LogP contribution in [-0.4, -0.2) is 19.1 Å². The first-order valence-corrected chi connectivity index (χ1v) is 4.92. The third-order valence-corrected chi connectivity index (χ3v) is 2.94. The highest BCUT2D eigenvalue weighted by atomic mass is 31.2. The summed E-state index contributed by atoms with van der Waals surface area (Å²) in [6.45, 7) is 5.15. The van der Waals surface area contributed by atoms with E-state index in [1.807, 2.05) is 0 Å². The number of rotatable bonds is 1. The molecule has 0 amide bonds. The first-order chi connectivity index (χ1) is 2.94. The Hall–Kier alpha value is 0.190. The molecular weight excluding hydrogens is 109 g/mol. The molecule has 0 aromatic heterocycles. The average molecular weight is 121 g/mol. The molecule has 0 aliphatic rings. The van der Waals surface area contributed by atoms with E-state index in [4.69, 9.17) is 5.73 Å². The Morgan fingerprint density at radius 1 is 1.57 bits per heavy atom. The van der Waals surface area contributed by atoms with E-state index in [-0.39, 0.29) is 5.78 Å². The Labute approximate surface area is 44.5 Å². The molecule has 0 rings (SSSR count). The zero-order chi connectivity index (χ0) is 6.08. The maximum Gasteiger partial charge on any atom is 0.0974 e.